The molecule has 0 spiro atoms. The molecule has 0 saturated carbocycles. The highest BCUT2D eigenvalue weighted by Gasteiger charge is 1.82. The molecule has 6 nitrogen and oxygen atoms in total. The van der Waals surface area contributed by atoms with Crippen molar-refractivity contribution in [1.82, 2.24) is 0 Å². The molecule has 0 aromatic carbocycles. The van der Waals surface area contributed by atoms with Crippen LogP contribution in [0.15, 0.2) is 0 Å². The number of ether oxygens (including phenoxy) is 1. The summed E-state index contributed by atoms with van der Waals surface area (Å²) in [5.41, 5.74) is 13.0. The molecule has 6 N–H and O–H groups in total. The zero-order valence-electron chi connectivity index (χ0n) is 6.07. The average molecular weight is 169 g/mol. The number of carbonyl (C=O) groups excluding carboxylic acids is 2. The van der Waals surface area contributed by atoms with Gasteiger partial charge in [0.1, 0.15) is 0 Å². The topological polar surface area (TPSA) is 121 Å². The van der Waals surface area contributed by atoms with Gasteiger partial charge < -0.3 is 21.9 Å². The lowest BCUT2D eigenvalue weighted by Crippen LogP contribution is -2.18. The number of hydrogen-bond acceptors (Lipinski definition) is 3. The molecule has 0 atom stereocenters. The molecule has 0 rings (SSSR count). The molecule has 0 bridgehead atoms. The van der Waals surface area contributed by atoms with Gasteiger partial charge >= 0.3 is 12.1 Å². The van der Waals surface area contributed by atoms with Crippen molar-refractivity contribution in [1.29, 1.82) is 0 Å². The van der Waals surface area contributed by atoms with Crippen LogP contribution in [0.2, 0.25) is 0 Å². The SMILES string of the molecule is CCOC(N)=O.F.NC(N)=O. The number of nitrogens with two attached hydrogens (primary N) is 3. The molecular formula is C4H12FN3O3. The van der Waals surface area contributed by atoms with E-state index in [1.165, 1.54) is 0 Å². The molecule has 0 aliphatic heterocycles. The first kappa shape index (κ1) is 16.2. The summed E-state index contributed by atoms with van der Waals surface area (Å²) in [6.07, 6.45) is -0.711. The average Bonchev–Trinajstić information content (AvgIpc) is 1.62. The van der Waals surface area contributed by atoms with Gasteiger partial charge in [0.25, 0.3) is 0 Å². The Bertz CT molecular complexity index is 115. The number of halogens is 1. The van der Waals surface area contributed by atoms with Crippen LogP contribution in [0, 0.1) is 0 Å². The second kappa shape index (κ2) is 11.3. The van der Waals surface area contributed by atoms with Crippen LogP contribution in [0.1, 0.15) is 6.92 Å². The van der Waals surface area contributed by atoms with Gasteiger partial charge in [-0.2, -0.15) is 0 Å². The number of primary amides is 3. The van der Waals surface area contributed by atoms with E-state index in [9.17, 15) is 4.79 Å². The Balaban J connectivity index is -0.000000114. The zero-order valence-corrected chi connectivity index (χ0v) is 6.07. The molecule has 0 saturated heterocycles. The van der Waals surface area contributed by atoms with E-state index in [0.29, 0.717) is 6.61 Å². The maximum atomic E-state index is 9.60. The lowest BCUT2D eigenvalue weighted by atomic mass is 10.9. The minimum Gasteiger partial charge on any atom is -0.450 e. The third kappa shape index (κ3) is 164. The van der Waals surface area contributed by atoms with Crippen LogP contribution in [-0.4, -0.2) is 18.7 Å². The van der Waals surface area contributed by atoms with Crippen molar-refractivity contribution < 1.29 is 19.0 Å². The van der Waals surface area contributed by atoms with Crippen molar-refractivity contribution in [2.75, 3.05) is 6.61 Å². The van der Waals surface area contributed by atoms with Crippen molar-refractivity contribution >= 4 is 12.1 Å². The summed E-state index contributed by atoms with van der Waals surface area (Å²) >= 11 is 0. The number of hydrogen-bond donors (Lipinski definition) is 3. The van der Waals surface area contributed by atoms with E-state index in [-0.39, 0.29) is 4.70 Å². The van der Waals surface area contributed by atoms with Crippen LogP contribution in [0.3, 0.4) is 0 Å². The summed E-state index contributed by atoms with van der Waals surface area (Å²) < 4.78 is 4.18. The Labute approximate surface area is 63.0 Å². The van der Waals surface area contributed by atoms with Crippen LogP contribution in [0.5, 0.6) is 0 Å². The van der Waals surface area contributed by atoms with E-state index < -0.39 is 12.1 Å². The summed E-state index contributed by atoms with van der Waals surface area (Å²) in [5, 5.41) is 0. The van der Waals surface area contributed by atoms with Gasteiger partial charge in [0.05, 0.1) is 6.61 Å². The van der Waals surface area contributed by atoms with Gasteiger partial charge in [-0.1, -0.05) is 0 Å². The summed E-state index contributed by atoms with van der Waals surface area (Å²) in [7, 11) is 0. The van der Waals surface area contributed by atoms with Crippen molar-refractivity contribution in [3.05, 3.63) is 0 Å². The normalized spacial score (nSPS) is 6.27. The predicted molar refractivity (Wildman–Crippen MR) is 37.5 cm³/mol. The van der Waals surface area contributed by atoms with Crippen LogP contribution >= 0.6 is 0 Å². The molecule has 0 aromatic heterocycles. The van der Waals surface area contributed by atoms with Crippen molar-refractivity contribution in [3.63, 3.8) is 0 Å². The summed E-state index contributed by atoms with van der Waals surface area (Å²) in [4.78, 5) is 18.6. The molecular weight excluding hydrogens is 157 g/mol. The fraction of sp³-hybridized carbons (Fsp3) is 0.500. The van der Waals surface area contributed by atoms with Gasteiger partial charge in [0.2, 0.25) is 0 Å². The minimum atomic E-state index is -0.833. The third-order valence-electron chi connectivity index (χ3n) is 0.287. The molecule has 0 aliphatic rings. The minimum absolute atomic E-state index is 0. The quantitative estimate of drug-likeness (QED) is 0.480. The van der Waals surface area contributed by atoms with Crippen LogP contribution in [-0.2, 0) is 4.74 Å². The molecule has 0 heterocycles. The largest absolute Gasteiger partial charge is 0.450 e. The van der Waals surface area contributed by atoms with Crippen LogP contribution < -0.4 is 17.2 Å². The zero-order chi connectivity index (χ0) is 8.57. The van der Waals surface area contributed by atoms with Gasteiger partial charge in [0, 0.05) is 0 Å². The maximum absolute atomic E-state index is 9.60. The van der Waals surface area contributed by atoms with Crippen molar-refractivity contribution in [2.45, 2.75) is 6.92 Å². The lowest BCUT2D eigenvalue weighted by Gasteiger charge is -1.89. The van der Waals surface area contributed by atoms with Gasteiger partial charge in [0.15, 0.2) is 0 Å². The van der Waals surface area contributed by atoms with Gasteiger partial charge in [-0.3, -0.25) is 4.70 Å². The molecule has 68 valence electrons. The second-order valence-corrected chi connectivity index (χ2v) is 1.15. The van der Waals surface area contributed by atoms with E-state index in [1.54, 1.807) is 6.92 Å². The molecule has 7 heteroatoms. The third-order valence-corrected chi connectivity index (χ3v) is 0.287. The lowest BCUT2D eigenvalue weighted by molar-refractivity contribution is 0.163. The molecule has 11 heavy (non-hydrogen) atoms. The van der Waals surface area contributed by atoms with Crippen molar-refractivity contribution in [2.24, 2.45) is 17.2 Å². The highest BCUT2D eigenvalue weighted by atomic mass is 19.0. The molecule has 0 fully saturated rings. The molecule has 0 aliphatic carbocycles. The summed E-state index contributed by atoms with van der Waals surface area (Å²) in [5.74, 6) is 0. The van der Waals surface area contributed by atoms with E-state index in [0.717, 1.165) is 0 Å². The summed E-state index contributed by atoms with van der Waals surface area (Å²) in [6, 6.07) is -0.833. The van der Waals surface area contributed by atoms with E-state index in [1.807, 2.05) is 0 Å². The van der Waals surface area contributed by atoms with Gasteiger partial charge in [-0.05, 0) is 6.92 Å². The van der Waals surface area contributed by atoms with E-state index >= 15 is 0 Å². The van der Waals surface area contributed by atoms with Crippen LogP contribution in [0.4, 0.5) is 14.3 Å². The van der Waals surface area contributed by atoms with Crippen molar-refractivity contribution in [3.8, 4) is 0 Å². The maximum Gasteiger partial charge on any atom is 0.404 e. The molecule has 0 unspecified atom stereocenters. The Morgan fingerprint density at radius 2 is 1.55 bits per heavy atom. The number of amides is 3. The Morgan fingerprint density at radius 1 is 1.27 bits per heavy atom. The monoisotopic (exact) mass is 169 g/mol. The first-order valence-corrected chi connectivity index (χ1v) is 2.47. The van der Waals surface area contributed by atoms with Gasteiger partial charge in [-0.15, -0.1) is 0 Å². The molecule has 3 amide bonds. The Hall–Kier alpha value is -1.53. The predicted octanol–water partition coefficient (Wildman–Crippen LogP) is -0.722. The second-order valence-electron chi connectivity index (χ2n) is 1.15. The van der Waals surface area contributed by atoms with Crippen LogP contribution in [0.25, 0.3) is 0 Å². The standard InChI is InChI=1S/C3H7NO2.CH4N2O.FH/c1-2-6-3(4)5;2-1(3)4;/h2H2,1H3,(H2,4,5);(H4,2,3,4);1H. The van der Waals surface area contributed by atoms with E-state index in [4.69, 9.17) is 4.79 Å². The highest BCUT2D eigenvalue weighted by molar-refractivity contribution is 5.69. The number of urea groups is 1. The van der Waals surface area contributed by atoms with Gasteiger partial charge in [-0.25, -0.2) is 9.59 Å². The number of rotatable bonds is 1. The fourth-order valence-corrected chi connectivity index (χ4v) is 0.142. The van der Waals surface area contributed by atoms with E-state index in [2.05, 4.69) is 21.9 Å². The first-order chi connectivity index (χ1) is 4.50. The Morgan fingerprint density at radius 3 is 1.55 bits per heavy atom. The molecule has 0 radical (unpaired) electrons. The smallest absolute Gasteiger partial charge is 0.404 e. The fourth-order valence-electron chi connectivity index (χ4n) is 0.142. The molecule has 0 aromatic rings. The highest BCUT2D eigenvalue weighted by Crippen LogP contribution is 1.66. The Kier molecular flexibility index (Phi) is 16.7. The first-order valence-electron chi connectivity index (χ1n) is 2.47. The summed E-state index contributed by atoms with van der Waals surface area (Å²) in [6.45, 7) is 2.06. The number of carbonyl (C=O) groups is 2.